The molecular weight excluding hydrogens is 450 g/mol. The van der Waals surface area contributed by atoms with E-state index >= 15 is 0 Å². The monoisotopic (exact) mass is 474 g/mol. The minimum Gasteiger partial charge on any atom is -0.459 e. The lowest BCUT2D eigenvalue weighted by atomic mass is 10.1. The molecule has 26 heavy (non-hydrogen) atoms. The maximum Gasteiger partial charge on any atom is 0.287 e. The second-order valence-electron chi connectivity index (χ2n) is 5.48. The van der Waals surface area contributed by atoms with E-state index in [2.05, 4.69) is 20.9 Å². The zero-order valence-electron chi connectivity index (χ0n) is 14.8. The lowest BCUT2D eigenvalue weighted by Crippen LogP contribution is -2.42. The van der Waals surface area contributed by atoms with E-state index in [-0.39, 0.29) is 41.5 Å². The van der Waals surface area contributed by atoms with E-state index in [0.717, 1.165) is 17.5 Å². The average molecular weight is 474 g/mol. The minimum absolute atomic E-state index is 0. The number of amides is 1. The van der Waals surface area contributed by atoms with Crippen molar-refractivity contribution in [2.45, 2.75) is 13.3 Å². The topological polar surface area (TPSA) is 78.7 Å². The molecule has 2 rings (SSSR count). The Balaban J connectivity index is 0.00000338. The van der Waals surface area contributed by atoms with Crippen LogP contribution in [0.4, 0.5) is 4.39 Å². The number of rotatable bonds is 7. The molecule has 2 aromatic rings. The molecule has 0 radical (unpaired) electrons. The van der Waals surface area contributed by atoms with Gasteiger partial charge in [0.2, 0.25) is 0 Å². The van der Waals surface area contributed by atoms with Crippen molar-refractivity contribution in [1.82, 2.24) is 16.0 Å². The zero-order valence-corrected chi connectivity index (χ0v) is 17.2. The van der Waals surface area contributed by atoms with Crippen LogP contribution in [-0.4, -0.2) is 38.5 Å². The van der Waals surface area contributed by atoms with Crippen LogP contribution in [0.3, 0.4) is 0 Å². The Morgan fingerprint density at radius 3 is 2.54 bits per heavy atom. The van der Waals surface area contributed by atoms with Gasteiger partial charge in [0.05, 0.1) is 6.26 Å². The summed E-state index contributed by atoms with van der Waals surface area (Å²) >= 11 is 0. The number of furan rings is 1. The summed E-state index contributed by atoms with van der Waals surface area (Å²) in [6, 6.07) is 8.08. The highest BCUT2D eigenvalue weighted by molar-refractivity contribution is 14.0. The fourth-order valence-electron chi connectivity index (χ4n) is 2.33. The van der Waals surface area contributed by atoms with E-state index in [1.54, 1.807) is 25.2 Å². The van der Waals surface area contributed by atoms with Crippen molar-refractivity contribution in [2.24, 2.45) is 4.99 Å². The highest BCUT2D eigenvalue weighted by Gasteiger charge is 2.07. The van der Waals surface area contributed by atoms with Crippen molar-refractivity contribution >= 4 is 35.8 Å². The molecule has 0 atom stereocenters. The third-order valence-electron chi connectivity index (χ3n) is 3.66. The number of guanidine groups is 1. The molecular formula is C18H24FIN4O2. The first-order valence-corrected chi connectivity index (χ1v) is 8.11. The SMILES string of the molecule is CN=C(NCCNC(=O)c1ccco1)NCCc1ccc(F)cc1C.I. The molecule has 1 heterocycles. The molecule has 142 valence electrons. The van der Waals surface area contributed by atoms with Gasteiger partial charge in [0.1, 0.15) is 5.82 Å². The van der Waals surface area contributed by atoms with E-state index in [0.29, 0.717) is 25.6 Å². The summed E-state index contributed by atoms with van der Waals surface area (Å²) in [7, 11) is 1.68. The third kappa shape index (κ3) is 7.03. The molecule has 6 nitrogen and oxygen atoms in total. The highest BCUT2D eigenvalue weighted by atomic mass is 127. The summed E-state index contributed by atoms with van der Waals surface area (Å²) < 4.78 is 18.1. The number of nitrogens with zero attached hydrogens (tertiary/aromatic N) is 1. The van der Waals surface area contributed by atoms with Gasteiger partial charge in [-0.3, -0.25) is 9.79 Å². The predicted molar refractivity (Wildman–Crippen MR) is 111 cm³/mol. The molecule has 1 amide bonds. The second-order valence-corrected chi connectivity index (χ2v) is 5.48. The molecule has 0 saturated carbocycles. The van der Waals surface area contributed by atoms with Gasteiger partial charge in [-0.1, -0.05) is 6.07 Å². The Kier molecular flexibility index (Phi) is 9.71. The van der Waals surface area contributed by atoms with Crippen LogP contribution in [0.5, 0.6) is 0 Å². The van der Waals surface area contributed by atoms with Crippen LogP contribution >= 0.6 is 24.0 Å². The summed E-state index contributed by atoms with van der Waals surface area (Å²) in [4.78, 5) is 15.8. The summed E-state index contributed by atoms with van der Waals surface area (Å²) in [6.07, 6.45) is 2.23. The van der Waals surface area contributed by atoms with E-state index in [4.69, 9.17) is 4.42 Å². The van der Waals surface area contributed by atoms with Gasteiger partial charge in [-0.25, -0.2) is 4.39 Å². The molecule has 0 unspecified atom stereocenters. The number of aryl methyl sites for hydroxylation is 1. The molecule has 0 bridgehead atoms. The minimum atomic E-state index is -0.249. The number of benzene rings is 1. The van der Waals surface area contributed by atoms with Gasteiger partial charge in [0.25, 0.3) is 5.91 Å². The maximum absolute atomic E-state index is 13.1. The lowest BCUT2D eigenvalue weighted by molar-refractivity contribution is 0.0926. The number of carbonyl (C=O) groups is 1. The van der Waals surface area contributed by atoms with Gasteiger partial charge in [0, 0.05) is 26.7 Å². The van der Waals surface area contributed by atoms with Crippen molar-refractivity contribution in [3.63, 3.8) is 0 Å². The maximum atomic E-state index is 13.1. The van der Waals surface area contributed by atoms with Crippen molar-refractivity contribution in [1.29, 1.82) is 0 Å². The van der Waals surface area contributed by atoms with Crippen molar-refractivity contribution in [3.8, 4) is 0 Å². The summed E-state index contributed by atoms with van der Waals surface area (Å²) in [5.41, 5.74) is 2.03. The largest absolute Gasteiger partial charge is 0.459 e. The second kappa shape index (κ2) is 11.5. The first kappa shape index (κ1) is 21.9. The fourth-order valence-corrected chi connectivity index (χ4v) is 2.33. The molecule has 8 heteroatoms. The number of nitrogens with one attached hydrogen (secondary N) is 3. The Morgan fingerprint density at radius 2 is 1.88 bits per heavy atom. The van der Waals surface area contributed by atoms with Gasteiger partial charge >= 0.3 is 0 Å². The number of carbonyl (C=O) groups excluding carboxylic acids is 1. The molecule has 0 spiro atoms. The molecule has 3 N–H and O–H groups in total. The van der Waals surface area contributed by atoms with Crippen LogP contribution in [0.25, 0.3) is 0 Å². The first-order valence-electron chi connectivity index (χ1n) is 8.11. The smallest absolute Gasteiger partial charge is 0.287 e. The quantitative estimate of drug-likeness (QED) is 0.250. The Bertz CT molecular complexity index is 720. The van der Waals surface area contributed by atoms with Crippen LogP contribution in [0.15, 0.2) is 46.0 Å². The number of aliphatic imine (C=N–C) groups is 1. The van der Waals surface area contributed by atoms with Crippen molar-refractivity contribution in [3.05, 3.63) is 59.3 Å². The Hall–Kier alpha value is -2.10. The van der Waals surface area contributed by atoms with Crippen LogP contribution in [0.2, 0.25) is 0 Å². The van der Waals surface area contributed by atoms with Crippen molar-refractivity contribution < 1.29 is 13.6 Å². The summed E-state index contributed by atoms with van der Waals surface area (Å²) in [6.45, 7) is 3.54. The van der Waals surface area contributed by atoms with Crippen LogP contribution < -0.4 is 16.0 Å². The molecule has 1 aromatic heterocycles. The van der Waals surface area contributed by atoms with E-state index in [1.165, 1.54) is 18.4 Å². The number of halogens is 2. The molecule has 0 aliphatic rings. The van der Waals surface area contributed by atoms with E-state index in [1.807, 2.05) is 6.92 Å². The van der Waals surface area contributed by atoms with E-state index < -0.39 is 0 Å². The average Bonchev–Trinajstić information content (AvgIpc) is 3.13. The molecule has 0 aliphatic carbocycles. The standard InChI is InChI=1S/C18H23FN4O2.HI/c1-13-12-15(19)6-5-14(13)7-8-22-18(20-2)23-10-9-21-17(24)16-4-3-11-25-16;/h3-6,11-12H,7-10H2,1-2H3,(H,21,24)(H2,20,22,23);1H. The summed E-state index contributed by atoms with van der Waals surface area (Å²) in [5.74, 6) is 0.467. The van der Waals surface area contributed by atoms with Crippen LogP contribution in [-0.2, 0) is 6.42 Å². The predicted octanol–water partition coefficient (Wildman–Crippen LogP) is 2.48. The normalized spacial score (nSPS) is 10.8. The van der Waals surface area contributed by atoms with E-state index in [9.17, 15) is 9.18 Å². The molecule has 0 fully saturated rings. The number of hydrogen-bond acceptors (Lipinski definition) is 3. The number of hydrogen-bond donors (Lipinski definition) is 3. The molecule has 1 aromatic carbocycles. The molecule has 0 saturated heterocycles. The Morgan fingerprint density at radius 1 is 1.15 bits per heavy atom. The first-order chi connectivity index (χ1) is 12.1. The van der Waals surface area contributed by atoms with Gasteiger partial charge in [-0.15, -0.1) is 24.0 Å². The van der Waals surface area contributed by atoms with Gasteiger partial charge in [0.15, 0.2) is 11.7 Å². The van der Waals surface area contributed by atoms with Gasteiger partial charge in [-0.2, -0.15) is 0 Å². The third-order valence-corrected chi connectivity index (χ3v) is 3.66. The Labute approximate surface area is 169 Å². The lowest BCUT2D eigenvalue weighted by Gasteiger charge is -2.13. The molecule has 0 aliphatic heterocycles. The van der Waals surface area contributed by atoms with Gasteiger partial charge in [-0.05, 0) is 48.7 Å². The summed E-state index contributed by atoms with van der Waals surface area (Å²) in [5, 5.41) is 9.05. The fraction of sp³-hybridized carbons (Fsp3) is 0.333. The van der Waals surface area contributed by atoms with Crippen LogP contribution in [0.1, 0.15) is 21.7 Å². The van der Waals surface area contributed by atoms with Crippen LogP contribution in [0, 0.1) is 12.7 Å². The zero-order chi connectivity index (χ0) is 18.1. The van der Waals surface area contributed by atoms with Crippen molar-refractivity contribution in [2.75, 3.05) is 26.7 Å². The highest BCUT2D eigenvalue weighted by Crippen LogP contribution is 2.10. The van der Waals surface area contributed by atoms with Gasteiger partial charge < -0.3 is 20.4 Å².